The lowest BCUT2D eigenvalue weighted by Crippen LogP contribution is -2.51. The molecule has 1 heterocycles. The number of hydrogen-bond acceptors (Lipinski definition) is 2. The first kappa shape index (κ1) is 11.6. The van der Waals surface area contributed by atoms with Crippen LogP contribution in [0, 0.1) is 0 Å². The molecule has 1 rings (SSSR count). The van der Waals surface area contributed by atoms with Gasteiger partial charge in [-0.05, 0) is 25.9 Å². The summed E-state index contributed by atoms with van der Waals surface area (Å²) in [5, 5.41) is 0. The second-order valence-corrected chi connectivity index (χ2v) is 14.3. The third kappa shape index (κ3) is 3.67. The summed E-state index contributed by atoms with van der Waals surface area (Å²) in [6, 6.07) is 0. The molecule has 0 spiro atoms. The zero-order valence-corrected chi connectivity index (χ0v) is 13.3. The topological polar surface area (TPSA) is 6.48 Å². The minimum absolute atomic E-state index is 0.00309. The Balaban J connectivity index is 2.37. The molecule has 78 valence electrons. The van der Waals surface area contributed by atoms with Crippen LogP contribution in [0.4, 0.5) is 0 Å². The fourth-order valence-electron chi connectivity index (χ4n) is 2.08. The molecule has 1 aliphatic rings. The Morgan fingerprint density at radius 3 is 1.85 bits per heavy atom. The van der Waals surface area contributed by atoms with E-state index >= 15 is 0 Å². The zero-order chi connectivity index (χ0) is 9.84. The van der Waals surface area contributed by atoms with Crippen LogP contribution in [0.1, 0.15) is 12.8 Å². The van der Waals surface area contributed by atoms with Crippen molar-refractivity contribution in [3.63, 3.8) is 0 Å². The minimum atomic E-state index is -0.484. The average Bonchev–Trinajstić information content (AvgIpc) is 2.50. The minimum Gasteiger partial charge on any atom is -0.366 e. The molecule has 1 fully saturated rings. The Labute approximate surface area is 88.7 Å². The summed E-state index contributed by atoms with van der Waals surface area (Å²) in [6.07, 6.45) is 2.92. The second kappa shape index (κ2) is 5.45. The van der Waals surface area contributed by atoms with E-state index in [1.54, 1.807) is 0 Å². The van der Waals surface area contributed by atoms with Gasteiger partial charge in [0.05, 0.1) is 17.9 Å². The predicted octanol–water partition coefficient (Wildman–Crippen LogP) is 0.350. The van der Waals surface area contributed by atoms with Crippen LogP contribution in [0.5, 0.6) is 0 Å². The molecule has 0 N–H and O–H groups in total. The van der Waals surface area contributed by atoms with Gasteiger partial charge < -0.3 is 8.46 Å². The molecule has 13 heavy (non-hydrogen) atoms. The molecule has 0 aliphatic carbocycles. The van der Waals surface area contributed by atoms with Crippen molar-refractivity contribution in [2.75, 3.05) is 13.1 Å². The van der Waals surface area contributed by atoms with Crippen molar-refractivity contribution in [2.45, 2.75) is 39.0 Å². The number of hydrogen-bond donors (Lipinski definition) is 0. The highest BCUT2D eigenvalue weighted by Gasteiger charge is 2.20. The van der Waals surface area contributed by atoms with Crippen molar-refractivity contribution in [1.29, 1.82) is 0 Å². The molecule has 0 radical (unpaired) electrons. The lowest BCUT2D eigenvalue weighted by molar-refractivity contribution is 0.532. The lowest BCUT2D eigenvalue weighted by atomic mass is 10.4. The highest BCUT2D eigenvalue weighted by Crippen LogP contribution is 2.08. The SMILES string of the molecule is C[SiH](C)N([SiH2]N1CCCC1)[SiH](C)C. The molecule has 5 heteroatoms. The molecule has 0 saturated carbocycles. The molecular weight excluding hydrogens is 208 g/mol. The van der Waals surface area contributed by atoms with E-state index in [0.29, 0.717) is 0 Å². The monoisotopic (exact) mass is 232 g/mol. The molecule has 2 nitrogen and oxygen atoms in total. The highest BCUT2D eigenvalue weighted by molar-refractivity contribution is 6.79. The van der Waals surface area contributed by atoms with Gasteiger partial charge in [-0.15, -0.1) is 0 Å². The summed E-state index contributed by atoms with van der Waals surface area (Å²) in [7, 11) is -0.972. The standard InChI is InChI=1S/C8H24N2Si3/c1-12(2)10(13(3)4)11-9-7-5-6-8-9/h12-13H,5-8,11H2,1-4H3. The van der Waals surface area contributed by atoms with Crippen molar-refractivity contribution < 1.29 is 0 Å². The fraction of sp³-hybridized carbons (Fsp3) is 1.00. The van der Waals surface area contributed by atoms with Gasteiger partial charge in [0.1, 0.15) is 0 Å². The number of nitrogens with zero attached hydrogens (tertiary/aromatic N) is 2. The fourth-order valence-corrected chi connectivity index (χ4v) is 12.0. The summed E-state index contributed by atoms with van der Waals surface area (Å²) in [6.45, 7) is 12.8. The first-order valence-electron chi connectivity index (χ1n) is 5.59. The van der Waals surface area contributed by atoms with E-state index in [-0.39, 0.29) is 9.84 Å². The maximum Gasteiger partial charge on any atom is 0.159 e. The Bertz CT molecular complexity index is 138. The molecule has 0 unspecified atom stereocenters. The summed E-state index contributed by atoms with van der Waals surface area (Å²) in [4.78, 5) is 0. The normalized spacial score (nSPS) is 20.5. The van der Waals surface area contributed by atoms with E-state index in [4.69, 9.17) is 0 Å². The number of rotatable bonds is 4. The molecule has 0 bridgehead atoms. The first-order valence-corrected chi connectivity index (χ1v) is 12.5. The Kier molecular flexibility index (Phi) is 4.88. The largest absolute Gasteiger partial charge is 0.366 e. The van der Waals surface area contributed by atoms with Crippen molar-refractivity contribution in [1.82, 2.24) is 8.46 Å². The predicted molar refractivity (Wildman–Crippen MR) is 68.9 cm³/mol. The van der Waals surface area contributed by atoms with Crippen LogP contribution in [0.15, 0.2) is 0 Å². The zero-order valence-electron chi connectivity index (χ0n) is 9.58. The molecular formula is C8H24N2Si3. The maximum atomic E-state index is 2.98. The smallest absolute Gasteiger partial charge is 0.159 e. The van der Waals surface area contributed by atoms with Gasteiger partial charge in [-0.25, -0.2) is 0 Å². The third-order valence-electron chi connectivity index (χ3n) is 2.89. The molecule has 1 saturated heterocycles. The molecule has 0 atom stereocenters. The van der Waals surface area contributed by atoms with Crippen LogP contribution in [0.2, 0.25) is 26.2 Å². The first-order chi connectivity index (χ1) is 6.11. The summed E-state index contributed by atoms with van der Waals surface area (Å²) in [5.41, 5.74) is 0. The van der Waals surface area contributed by atoms with Crippen LogP contribution >= 0.6 is 0 Å². The Morgan fingerprint density at radius 2 is 1.46 bits per heavy atom. The van der Waals surface area contributed by atoms with Gasteiger partial charge >= 0.3 is 0 Å². The van der Waals surface area contributed by atoms with E-state index in [2.05, 4.69) is 34.7 Å². The molecule has 0 aromatic heterocycles. The van der Waals surface area contributed by atoms with Gasteiger partial charge in [-0.1, -0.05) is 26.2 Å². The van der Waals surface area contributed by atoms with Gasteiger partial charge in [0.15, 0.2) is 9.84 Å². The van der Waals surface area contributed by atoms with E-state index < -0.39 is 17.9 Å². The van der Waals surface area contributed by atoms with E-state index in [9.17, 15) is 0 Å². The van der Waals surface area contributed by atoms with Gasteiger partial charge in [0.25, 0.3) is 0 Å². The third-order valence-corrected chi connectivity index (χ3v) is 15.8. The van der Waals surface area contributed by atoms with E-state index in [0.717, 1.165) is 0 Å². The molecule has 0 aromatic carbocycles. The van der Waals surface area contributed by atoms with Crippen LogP contribution in [0.25, 0.3) is 0 Å². The van der Waals surface area contributed by atoms with Crippen LogP contribution in [-0.2, 0) is 0 Å². The highest BCUT2D eigenvalue weighted by atomic mass is 28.4. The van der Waals surface area contributed by atoms with Gasteiger partial charge in [-0.3, -0.25) is 0 Å². The second-order valence-electron chi connectivity index (χ2n) is 4.67. The molecule has 1 aliphatic heterocycles. The van der Waals surface area contributed by atoms with Crippen molar-refractivity contribution in [3.05, 3.63) is 0 Å². The Hall–Kier alpha value is 0.571. The van der Waals surface area contributed by atoms with E-state index in [1.807, 2.05) is 0 Å². The van der Waals surface area contributed by atoms with Crippen molar-refractivity contribution in [2.24, 2.45) is 0 Å². The van der Waals surface area contributed by atoms with Crippen LogP contribution in [-0.4, -0.2) is 49.3 Å². The quantitative estimate of drug-likeness (QED) is 0.646. The average molecular weight is 233 g/mol. The molecule has 0 amide bonds. The van der Waals surface area contributed by atoms with Crippen molar-refractivity contribution >= 4 is 27.8 Å². The van der Waals surface area contributed by atoms with Gasteiger partial charge in [-0.2, -0.15) is 0 Å². The van der Waals surface area contributed by atoms with Crippen LogP contribution in [0.3, 0.4) is 0 Å². The Morgan fingerprint density at radius 1 is 1.00 bits per heavy atom. The van der Waals surface area contributed by atoms with Crippen molar-refractivity contribution in [3.8, 4) is 0 Å². The lowest BCUT2D eigenvalue weighted by Gasteiger charge is -2.33. The van der Waals surface area contributed by atoms with Gasteiger partial charge in [0, 0.05) is 0 Å². The molecule has 0 aromatic rings. The maximum absolute atomic E-state index is 2.98. The summed E-state index contributed by atoms with van der Waals surface area (Å²) in [5.74, 6) is 0. The van der Waals surface area contributed by atoms with Gasteiger partial charge in [0.2, 0.25) is 0 Å². The van der Waals surface area contributed by atoms with Crippen LogP contribution < -0.4 is 0 Å². The summed E-state index contributed by atoms with van der Waals surface area (Å²) >= 11 is 0. The van der Waals surface area contributed by atoms with E-state index in [1.165, 1.54) is 25.9 Å². The summed E-state index contributed by atoms with van der Waals surface area (Å²) < 4.78 is 5.76.